The molecular weight excluding hydrogens is 176 g/mol. The molecule has 0 aliphatic carbocycles. The Labute approximate surface area is 85.8 Å². The van der Waals surface area contributed by atoms with Crippen LogP contribution in [0.15, 0.2) is 30.3 Å². The molecule has 0 aliphatic rings. The quantitative estimate of drug-likeness (QED) is 0.621. The van der Waals surface area contributed by atoms with Gasteiger partial charge in [0.05, 0.1) is 6.61 Å². The SMILES string of the molecule is CCOCCCCOc1ccccc1. The molecule has 78 valence electrons. The van der Waals surface area contributed by atoms with Crippen molar-refractivity contribution >= 4 is 0 Å². The third-order valence-corrected chi connectivity index (χ3v) is 1.90. The number of para-hydroxylation sites is 1. The van der Waals surface area contributed by atoms with Gasteiger partial charge in [-0.05, 0) is 31.9 Å². The first-order valence-corrected chi connectivity index (χ1v) is 5.19. The molecule has 0 atom stereocenters. The molecule has 1 rings (SSSR count). The van der Waals surface area contributed by atoms with E-state index < -0.39 is 0 Å². The summed E-state index contributed by atoms with van der Waals surface area (Å²) in [4.78, 5) is 0. The Morgan fingerprint density at radius 1 is 1.00 bits per heavy atom. The van der Waals surface area contributed by atoms with Crippen molar-refractivity contribution in [2.75, 3.05) is 19.8 Å². The lowest BCUT2D eigenvalue weighted by atomic mass is 10.3. The average Bonchev–Trinajstić information content (AvgIpc) is 2.25. The summed E-state index contributed by atoms with van der Waals surface area (Å²) in [6.45, 7) is 4.44. The Hall–Kier alpha value is -1.02. The Balaban J connectivity index is 1.99. The van der Waals surface area contributed by atoms with E-state index in [0.29, 0.717) is 0 Å². The van der Waals surface area contributed by atoms with Crippen molar-refractivity contribution < 1.29 is 9.47 Å². The Kier molecular flexibility index (Phi) is 5.84. The van der Waals surface area contributed by atoms with E-state index in [4.69, 9.17) is 9.47 Å². The number of ether oxygens (including phenoxy) is 2. The van der Waals surface area contributed by atoms with Crippen molar-refractivity contribution in [1.29, 1.82) is 0 Å². The van der Waals surface area contributed by atoms with E-state index >= 15 is 0 Å². The number of unbranched alkanes of at least 4 members (excludes halogenated alkanes) is 1. The van der Waals surface area contributed by atoms with Crippen LogP contribution in [-0.2, 0) is 4.74 Å². The third kappa shape index (κ3) is 4.87. The van der Waals surface area contributed by atoms with Crippen molar-refractivity contribution in [1.82, 2.24) is 0 Å². The van der Waals surface area contributed by atoms with Gasteiger partial charge in [-0.1, -0.05) is 18.2 Å². The second-order valence-corrected chi connectivity index (χ2v) is 3.07. The highest BCUT2D eigenvalue weighted by Crippen LogP contribution is 2.08. The van der Waals surface area contributed by atoms with Crippen molar-refractivity contribution in [2.24, 2.45) is 0 Å². The highest BCUT2D eigenvalue weighted by molar-refractivity contribution is 5.20. The van der Waals surface area contributed by atoms with E-state index in [9.17, 15) is 0 Å². The molecule has 1 aromatic rings. The van der Waals surface area contributed by atoms with Crippen molar-refractivity contribution in [2.45, 2.75) is 19.8 Å². The summed E-state index contributed by atoms with van der Waals surface area (Å²) in [7, 11) is 0. The summed E-state index contributed by atoms with van der Waals surface area (Å²) in [6.07, 6.45) is 2.12. The van der Waals surface area contributed by atoms with Crippen molar-refractivity contribution in [3.8, 4) is 5.75 Å². The van der Waals surface area contributed by atoms with E-state index in [1.165, 1.54) is 0 Å². The van der Waals surface area contributed by atoms with Gasteiger partial charge in [-0.15, -0.1) is 0 Å². The molecule has 2 nitrogen and oxygen atoms in total. The smallest absolute Gasteiger partial charge is 0.119 e. The molecule has 0 spiro atoms. The van der Waals surface area contributed by atoms with Crippen LogP contribution in [0.1, 0.15) is 19.8 Å². The lowest BCUT2D eigenvalue weighted by Crippen LogP contribution is -2.00. The predicted octanol–water partition coefficient (Wildman–Crippen LogP) is 2.88. The maximum atomic E-state index is 5.53. The zero-order chi connectivity index (χ0) is 10.1. The van der Waals surface area contributed by atoms with Crippen LogP contribution in [0.5, 0.6) is 5.75 Å². The highest BCUT2D eigenvalue weighted by Gasteiger charge is 1.91. The largest absolute Gasteiger partial charge is 0.494 e. The maximum Gasteiger partial charge on any atom is 0.119 e. The minimum absolute atomic E-state index is 0.775. The fourth-order valence-corrected chi connectivity index (χ4v) is 1.16. The van der Waals surface area contributed by atoms with E-state index in [2.05, 4.69) is 0 Å². The van der Waals surface area contributed by atoms with Gasteiger partial charge in [0.25, 0.3) is 0 Å². The van der Waals surface area contributed by atoms with E-state index in [-0.39, 0.29) is 0 Å². The molecule has 0 radical (unpaired) electrons. The summed E-state index contributed by atoms with van der Waals surface area (Å²) >= 11 is 0. The lowest BCUT2D eigenvalue weighted by molar-refractivity contribution is 0.138. The van der Waals surface area contributed by atoms with Crippen molar-refractivity contribution in [3.63, 3.8) is 0 Å². The summed E-state index contributed by atoms with van der Waals surface area (Å²) in [5.74, 6) is 0.948. The van der Waals surface area contributed by atoms with Crippen LogP contribution < -0.4 is 4.74 Å². The molecular formula is C12H18O2. The molecule has 0 unspecified atom stereocenters. The van der Waals surface area contributed by atoms with Crippen LogP contribution in [0.4, 0.5) is 0 Å². The first-order chi connectivity index (χ1) is 6.93. The fraction of sp³-hybridized carbons (Fsp3) is 0.500. The zero-order valence-corrected chi connectivity index (χ0v) is 8.74. The van der Waals surface area contributed by atoms with E-state index in [1.54, 1.807) is 0 Å². The first-order valence-electron chi connectivity index (χ1n) is 5.19. The van der Waals surface area contributed by atoms with Gasteiger partial charge >= 0.3 is 0 Å². The second-order valence-electron chi connectivity index (χ2n) is 3.07. The van der Waals surface area contributed by atoms with E-state index in [1.807, 2.05) is 37.3 Å². The number of rotatable bonds is 7. The van der Waals surface area contributed by atoms with Gasteiger partial charge in [0, 0.05) is 13.2 Å². The van der Waals surface area contributed by atoms with Crippen LogP contribution in [0, 0.1) is 0 Å². The van der Waals surface area contributed by atoms with Crippen molar-refractivity contribution in [3.05, 3.63) is 30.3 Å². The fourth-order valence-electron chi connectivity index (χ4n) is 1.16. The van der Waals surface area contributed by atoms with Gasteiger partial charge in [-0.25, -0.2) is 0 Å². The molecule has 0 saturated carbocycles. The van der Waals surface area contributed by atoms with Gasteiger partial charge in [-0.2, -0.15) is 0 Å². The minimum atomic E-state index is 0.775. The Morgan fingerprint density at radius 3 is 2.43 bits per heavy atom. The minimum Gasteiger partial charge on any atom is -0.494 e. The van der Waals surface area contributed by atoms with Crippen LogP contribution >= 0.6 is 0 Å². The number of benzene rings is 1. The Bertz CT molecular complexity index is 221. The van der Waals surface area contributed by atoms with Gasteiger partial charge in [0.2, 0.25) is 0 Å². The second kappa shape index (κ2) is 7.39. The monoisotopic (exact) mass is 194 g/mol. The predicted molar refractivity (Wildman–Crippen MR) is 57.7 cm³/mol. The topological polar surface area (TPSA) is 18.5 Å². The molecule has 2 heteroatoms. The molecule has 0 saturated heterocycles. The molecule has 0 aromatic heterocycles. The Morgan fingerprint density at radius 2 is 1.71 bits per heavy atom. The van der Waals surface area contributed by atoms with Crippen LogP contribution in [0.2, 0.25) is 0 Å². The summed E-state index contributed by atoms with van der Waals surface area (Å²) in [5.41, 5.74) is 0. The molecule has 0 fully saturated rings. The molecule has 1 aromatic carbocycles. The van der Waals surface area contributed by atoms with Gasteiger partial charge in [-0.3, -0.25) is 0 Å². The van der Waals surface area contributed by atoms with E-state index in [0.717, 1.165) is 38.4 Å². The van der Waals surface area contributed by atoms with Gasteiger partial charge in [0.1, 0.15) is 5.75 Å². The molecule has 14 heavy (non-hydrogen) atoms. The molecule has 0 aliphatic heterocycles. The summed E-state index contributed by atoms with van der Waals surface area (Å²) in [6, 6.07) is 9.90. The normalized spacial score (nSPS) is 10.1. The molecule has 0 bridgehead atoms. The lowest BCUT2D eigenvalue weighted by Gasteiger charge is -2.05. The van der Waals surface area contributed by atoms with Crippen LogP contribution in [0.25, 0.3) is 0 Å². The third-order valence-electron chi connectivity index (χ3n) is 1.90. The summed E-state index contributed by atoms with van der Waals surface area (Å²) < 4.78 is 10.8. The summed E-state index contributed by atoms with van der Waals surface area (Å²) in [5, 5.41) is 0. The molecule has 0 N–H and O–H groups in total. The molecule has 0 heterocycles. The van der Waals surface area contributed by atoms with Gasteiger partial charge in [0.15, 0.2) is 0 Å². The molecule has 0 amide bonds. The standard InChI is InChI=1S/C12H18O2/c1-2-13-10-6-7-11-14-12-8-4-3-5-9-12/h3-5,8-9H,2,6-7,10-11H2,1H3. The average molecular weight is 194 g/mol. The number of hydrogen-bond donors (Lipinski definition) is 0. The van der Waals surface area contributed by atoms with Crippen LogP contribution in [-0.4, -0.2) is 19.8 Å². The highest BCUT2D eigenvalue weighted by atomic mass is 16.5. The van der Waals surface area contributed by atoms with Gasteiger partial charge < -0.3 is 9.47 Å². The number of hydrogen-bond acceptors (Lipinski definition) is 2. The maximum absolute atomic E-state index is 5.53. The van der Waals surface area contributed by atoms with Crippen LogP contribution in [0.3, 0.4) is 0 Å². The zero-order valence-electron chi connectivity index (χ0n) is 8.74. The first kappa shape index (κ1) is 11.1.